The summed E-state index contributed by atoms with van der Waals surface area (Å²) in [5.41, 5.74) is 1.40. The van der Waals surface area contributed by atoms with Gasteiger partial charge in [0.25, 0.3) is 0 Å². The average molecular weight is 331 g/mol. The van der Waals surface area contributed by atoms with Crippen molar-refractivity contribution < 1.29 is 4.74 Å². The minimum atomic E-state index is 0.705. The monoisotopic (exact) mass is 330 g/mol. The maximum Gasteiger partial charge on any atom is 0.0924 e. The molecule has 24 heavy (non-hydrogen) atoms. The SMILES string of the molecule is C=C/C(=C\C=C(/C)OC)C1CCC(C2CCC(CCC)CC2)CC1. The molecule has 0 spiro atoms. The molecule has 2 rings (SSSR count). The molecular weight excluding hydrogens is 292 g/mol. The van der Waals surface area contributed by atoms with Gasteiger partial charge in [0.2, 0.25) is 0 Å². The fraction of sp³-hybridized carbons (Fsp3) is 0.739. The summed E-state index contributed by atoms with van der Waals surface area (Å²) in [4.78, 5) is 0. The molecule has 2 aliphatic carbocycles. The summed E-state index contributed by atoms with van der Waals surface area (Å²) >= 11 is 0. The van der Waals surface area contributed by atoms with Crippen molar-refractivity contribution in [3.8, 4) is 0 Å². The molecule has 0 N–H and O–H groups in total. The van der Waals surface area contributed by atoms with E-state index in [0.29, 0.717) is 5.92 Å². The van der Waals surface area contributed by atoms with Crippen LogP contribution in [0.25, 0.3) is 0 Å². The van der Waals surface area contributed by atoms with Crippen molar-refractivity contribution in [2.45, 2.75) is 78.1 Å². The molecular formula is C23H38O. The lowest BCUT2D eigenvalue weighted by atomic mass is 9.68. The van der Waals surface area contributed by atoms with E-state index in [4.69, 9.17) is 4.74 Å². The number of hydrogen-bond acceptors (Lipinski definition) is 1. The van der Waals surface area contributed by atoms with Crippen molar-refractivity contribution >= 4 is 0 Å². The fourth-order valence-corrected chi connectivity index (χ4v) is 4.93. The molecule has 1 nitrogen and oxygen atoms in total. The third kappa shape index (κ3) is 5.53. The van der Waals surface area contributed by atoms with Crippen LogP contribution in [0.1, 0.15) is 78.1 Å². The van der Waals surface area contributed by atoms with E-state index in [1.807, 2.05) is 6.92 Å². The fourth-order valence-electron chi connectivity index (χ4n) is 4.93. The van der Waals surface area contributed by atoms with Gasteiger partial charge in [-0.1, -0.05) is 51.3 Å². The molecule has 0 saturated heterocycles. The van der Waals surface area contributed by atoms with E-state index >= 15 is 0 Å². The van der Waals surface area contributed by atoms with Crippen LogP contribution in [0.2, 0.25) is 0 Å². The number of hydrogen-bond donors (Lipinski definition) is 0. The Bertz CT molecular complexity index is 429. The molecule has 0 aromatic heterocycles. The zero-order valence-corrected chi connectivity index (χ0v) is 16.2. The van der Waals surface area contributed by atoms with E-state index in [-0.39, 0.29) is 0 Å². The summed E-state index contributed by atoms with van der Waals surface area (Å²) in [6, 6.07) is 0. The number of ether oxygens (including phenoxy) is 1. The predicted octanol–water partition coefficient (Wildman–Crippen LogP) is 7.06. The second-order valence-electron chi connectivity index (χ2n) is 8.03. The largest absolute Gasteiger partial charge is 0.501 e. The van der Waals surface area contributed by atoms with Crippen LogP contribution < -0.4 is 0 Å². The van der Waals surface area contributed by atoms with Crippen molar-refractivity contribution in [2.24, 2.45) is 23.7 Å². The van der Waals surface area contributed by atoms with Gasteiger partial charge in [-0.3, -0.25) is 0 Å². The van der Waals surface area contributed by atoms with Crippen LogP contribution in [-0.4, -0.2) is 7.11 Å². The van der Waals surface area contributed by atoms with Crippen LogP contribution >= 0.6 is 0 Å². The van der Waals surface area contributed by atoms with Gasteiger partial charge in [-0.25, -0.2) is 0 Å². The molecule has 2 saturated carbocycles. The van der Waals surface area contributed by atoms with Gasteiger partial charge in [0.05, 0.1) is 12.9 Å². The second kappa shape index (κ2) is 10.1. The van der Waals surface area contributed by atoms with Crippen molar-refractivity contribution in [2.75, 3.05) is 7.11 Å². The molecule has 0 unspecified atom stereocenters. The van der Waals surface area contributed by atoms with Crippen LogP contribution in [0.5, 0.6) is 0 Å². The summed E-state index contributed by atoms with van der Waals surface area (Å²) < 4.78 is 5.24. The van der Waals surface area contributed by atoms with Gasteiger partial charge in [0, 0.05) is 0 Å². The van der Waals surface area contributed by atoms with Crippen LogP contribution in [0.3, 0.4) is 0 Å². The third-order valence-electron chi connectivity index (χ3n) is 6.57. The molecule has 1 heteroatoms. The molecule has 2 fully saturated rings. The normalized spacial score (nSPS) is 32.5. The smallest absolute Gasteiger partial charge is 0.0924 e. The molecule has 2 aliphatic rings. The minimum Gasteiger partial charge on any atom is -0.501 e. The Kier molecular flexibility index (Phi) is 8.15. The van der Waals surface area contributed by atoms with Crippen LogP contribution in [-0.2, 0) is 4.74 Å². The number of methoxy groups -OCH3 is 1. The molecule has 0 heterocycles. The van der Waals surface area contributed by atoms with Crippen molar-refractivity contribution in [1.82, 2.24) is 0 Å². The summed E-state index contributed by atoms with van der Waals surface area (Å²) in [6.45, 7) is 8.37. The van der Waals surface area contributed by atoms with Crippen LogP contribution in [0.4, 0.5) is 0 Å². The standard InChI is InChI=1S/C23H38O/c1-5-7-19-9-12-22(13-10-19)23-16-14-21(15-17-23)20(6-2)11-8-18(3)24-4/h6,8,11,19,21-23H,2,5,7,9-10,12-17H2,1,3-4H3/b18-8+,20-11+. The molecule has 0 atom stereocenters. The van der Waals surface area contributed by atoms with Gasteiger partial charge >= 0.3 is 0 Å². The highest BCUT2D eigenvalue weighted by molar-refractivity contribution is 5.26. The van der Waals surface area contributed by atoms with Crippen molar-refractivity contribution in [1.29, 1.82) is 0 Å². The first-order valence-electron chi connectivity index (χ1n) is 10.2. The predicted molar refractivity (Wildman–Crippen MR) is 105 cm³/mol. The molecule has 0 bridgehead atoms. The molecule has 136 valence electrons. The van der Waals surface area contributed by atoms with Crippen molar-refractivity contribution in [3.63, 3.8) is 0 Å². The lowest BCUT2D eigenvalue weighted by molar-refractivity contribution is 0.151. The Balaban J connectivity index is 1.81. The summed E-state index contributed by atoms with van der Waals surface area (Å²) in [5, 5.41) is 0. The van der Waals surface area contributed by atoms with E-state index in [9.17, 15) is 0 Å². The zero-order valence-electron chi connectivity index (χ0n) is 16.2. The Morgan fingerprint density at radius 1 is 0.958 bits per heavy atom. The first kappa shape index (κ1) is 19.3. The average Bonchev–Trinajstić information content (AvgIpc) is 2.63. The molecule has 0 aromatic carbocycles. The van der Waals surface area contributed by atoms with E-state index in [1.54, 1.807) is 7.11 Å². The lowest BCUT2D eigenvalue weighted by Crippen LogP contribution is -2.26. The number of rotatable bonds is 7. The molecule has 0 amide bonds. The topological polar surface area (TPSA) is 9.23 Å². The Morgan fingerprint density at radius 2 is 1.54 bits per heavy atom. The van der Waals surface area contributed by atoms with Gasteiger partial charge in [0.15, 0.2) is 0 Å². The highest BCUT2D eigenvalue weighted by Crippen LogP contribution is 2.43. The van der Waals surface area contributed by atoms with Gasteiger partial charge in [-0.15, -0.1) is 0 Å². The lowest BCUT2D eigenvalue weighted by Gasteiger charge is -2.38. The quantitative estimate of drug-likeness (QED) is 0.358. The third-order valence-corrected chi connectivity index (χ3v) is 6.57. The Hall–Kier alpha value is -0.980. The van der Waals surface area contributed by atoms with E-state index in [2.05, 4.69) is 31.7 Å². The summed E-state index contributed by atoms with van der Waals surface area (Å²) in [6.07, 6.45) is 20.7. The van der Waals surface area contributed by atoms with Gasteiger partial charge in [0.1, 0.15) is 0 Å². The van der Waals surface area contributed by atoms with Gasteiger partial charge < -0.3 is 4.74 Å². The summed E-state index contributed by atoms with van der Waals surface area (Å²) in [7, 11) is 1.73. The zero-order chi connectivity index (χ0) is 17.4. The first-order valence-corrected chi connectivity index (χ1v) is 10.2. The highest BCUT2D eigenvalue weighted by Gasteiger charge is 2.31. The van der Waals surface area contributed by atoms with Crippen molar-refractivity contribution in [3.05, 3.63) is 36.1 Å². The molecule has 0 aromatic rings. The maximum absolute atomic E-state index is 5.24. The summed E-state index contributed by atoms with van der Waals surface area (Å²) in [5.74, 6) is 4.72. The van der Waals surface area contributed by atoms with E-state index < -0.39 is 0 Å². The molecule has 0 aliphatic heterocycles. The Morgan fingerprint density at radius 3 is 2.04 bits per heavy atom. The minimum absolute atomic E-state index is 0.705. The van der Waals surface area contributed by atoms with E-state index in [1.165, 1.54) is 69.8 Å². The van der Waals surface area contributed by atoms with Gasteiger partial charge in [-0.2, -0.15) is 0 Å². The first-order chi connectivity index (χ1) is 11.7. The van der Waals surface area contributed by atoms with Gasteiger partial charge in [-0.05, 0) is 80.8 Å². The van der Waals surface area contributed by atoms with Crippen LogP contribution in [0.15, 0.2) is 36.1 Å². The maximum atomic E-state index is 5.24. The molecule has 0 radical (unpaired) electrons. The Labute approximate surface area is 150 Å². The van der Waals surface area contributed by atoms with Crippen LogP contribution in [0, 0.1) is 23.7 Å². The second-order valence-corrected chi connectivity index (χ2v) is 8.03. The number of allylic oxidation sites excluding steroid dienone is 5. The van der Waals surface area contributed by atoms with E-state index in [0.717, 1.165) is 23.5 Å². The highest BCUT2D eigenvalue weighted by atomic mass is 16.5.